The van der Waals surface area contributed by atoms with Crippen LogP contribution < -0.4 is 4.90 Å². The first kappa shape index (κ1) is 15.4. The smallest absolute Gasteiger partial charge is 0.264 e. The Balaban J connectivity index is 1.58. The van der Waals surface area contributed by atoms with Crippen molar-refractivity contribution in [2.45, 2.75) is 19.1 Å². The molecule has 2 atom stereocenters. The number of rotatable bonds is 2. The van der Waals surface area contributed by atoms with Crippen LogP contribution in [0.25, 0.3) is 0 Å². The zero-order valence-corrected chi connectivity index (χ0v) is 14.2. The van der Waals surface area contributed by atoms with E-state index in [1.807, 2.05) is 48.7 Å². The number of hydrogen-bond acceptors (Lipinski definition) is 4. The Kier molecular flexibility index (Phi) is 3.86. The third-order valence-electron chi connectivity index (χ3n) is 4.52. The normalized spacial score (nSPS) is 23.5. The van der Waals surface area contributed by atoms with Crippen molar-refractivity contribution < 1.29 is 14.3 Å². The fraction of sp³-hybridized carbons (Fsp3) is 0.333. The molecule has 4 rings (SSSR count). The fourth-order valence-corrected chi connectivity index (χ4v) is 4.26. The third kappa shape index (κ3) is 2.61. The van der Waals surface area contributed by atoms with Gasteiger partial charge in [-0.25, -0.2) is 0 Å². The number of ether oxygens (including phenoxy) is 1. The van der Waals surface area contributed by atoms with Crippen molar-refractivity contribution in [1.29, 1.82) is 0 Å². The van der Waals surface area contributed by atoms with Crippen LogP contribution in [-0.4, -0.2) is 48.6 Å². The zero-order valence-electron chi connectivity index (χ0n) is 13.3. The van der Waals surface area contributed by atoms with Crippen LogP contribution in [0.5, 0.6) is 0 Å². The number of benzene rings is 1. The molecule has 0 bridgehead atoms. The number of amides is 2. The number of para-hydroxylation sites is 1. The lowest BCUT2D eigenvalue weighted by molar-refractivity contribution is -0.130. The third-order valence-corrected chi connectivity index (χ3v) is 5.56. The maximum atomic E-state index is 12.7. The summed E-state index contributed by atoms with van der Waals surface area (Å²) in [5, 5.41) is 1.98. The van der Waals surface area contributed by atoms with Gasteiger partial charge in [-0.15, -0.1) is 11.3 Å². The standard InChI is InChI=1S/C18H18N2O3S/c1-12-7-16(24-11-12)18(22)19-8-14-15(9-19)23-10-17(21)20(14)13-5-3-2-4-6-13/h2-7,11,14-15H,8-10H2,1H3/t14-,15-/m0/s1. The topological polar surface area (TPSA) is 49.9 Å². The molecule has 6 heteroatoms. The van der Waals surface area contributed by atoms with Crippen molar-refractivity contribution in [2.24, 2.45) is 0 Å². The molecule has 2 aromatic rings. The van der Waals surface area contributed by atoms with E-state index < -0.39 is 0 Å². The number of likely N-dealkylation sites (tertiary alicyclic amines) is 1. The molecule has 1 aromatic carbocycles. The summed E-state index contributed by atoms with van der Waals surface area (Å²) in [5.41, 5.74) is 1.96. The van der Waals surface area contributed by atoms with Crippen molar-refractivity contribution in [3.05, 3.63) is 52.2 Å². The first-order chi connectivity index (χ1) is 11.6. The molecule has 0 N–H and O–H groups in total. The molecule has 24 heavy (non-hydrogen) atoms. The van der Waals surface area contributed by atoms with Crippen LogP contribution in [0.4, 0.5) is 5.69 Å². The SMILES string of the molecule is Cc1csc(C(=O)N2C[C@@H]3OCC(=O)N(c4ccccc4)[C@H]3C2)c1. The highest BCUT2D eigenvalue weighted by atomic mass is 32.1. The van der Waals surface area contributed by atoms with E-state index in [2.05, 4.69) is 0 Å². The van der Waals surface area contributed by atoms with Crippen LogP contribution in [0, 0.1) is 6.92 Å². The van der Waals surface area contributed by atoms with E-state index >= 15 is 0 Å². The quantitative estimate of drug-likeness (QED) is 0.841. The molecule has 2 saturated heterocycles. The van der Waals surface area contributed by atoms with Crippen LogP contribution in [0.15, 0.2) is 41.8 Å². The van der Waals surface area contributed by atoms with E-state index in [4.69, 9.17) is 4.74 Å². The predicted molar refractivity (Wildman–Crippen MR) is 92.4 cm³/mol. The molecule has 2 amide bonds. The van der Waals surface area contributed by atoms with E-state index in [0.29, 0.717) is 13.1 Å². The average Bonchev–Trinajstić information content (AvgIpc) is 3.21. The Hall–Kier alpha value is -2.18. The summed E-state index contributed by atoms with van der Waals surface area (Å²) < 4.78 is 5.71. The molecule has 3 heterocycles. The Morgan fingerprint density at radius 3 is 2.75 bits per heavy atom. The predicted octanol–water partition coefficient (Wildman–Crippen LogP) is 2.31. The van der Waals surface area contributed by atoms with Gasteiger partial charge in [0.15, 0.2) is 0 Å². The van der Waals surface area contributed by atoms with E-state index in [0.717, 1.165) is 16.1 Å². The molecule has 0 radical (unpaired) electrons. The van der Waals surface area contributed by atoms with Crippen molar-refractivity contribution in [3.8, 4) is 0 Å². The Morgan fingerprint density at radius 2 is 2.04 bits per heavy atom. The molecule has 124 valence electrons. The highest BCUT2D eigenvalue weighted by Gasteiger charge is 2.45. The number of nitrogens with zero attached hydrogens (tertiary/aromatic N) is 2. The van der Waals surface area contributed by atoms with Crippen LogP contribution >= 0.6 is 11.3 Å². The molecule has 2 fully saturated rings. The van der Waals surface area contributed by atoms with Crippen LogP contribution in [0.2, 0.25) is 0 Å². The lowest BCUT2D eigenvalue weighted by atomic mass is 10.1. The van der Waals surface area contributed by atoms with Crippen molar-refractivity contribution in [1.82, 2.24) is 4.90 Å². The minimum absolute atomic E-state index is 0.0200. The minimum atomic E-state index is -0.132. The van der Waals surface area contributed by atoms with Crippen molar-refractivity contribution >= 4 is 28.8 Å². The summed E-state index contributed by atoms with van der Waals surface area (Å²) in [5.74, 6) is -0.0322. The molecule has 5 nitrogen and oxygen atoms in total. The Labute approximate surface area is 144 Å². The lowest BCUT2D eigenvalue weighted by Crippen LogP contribution is -2.54. The number of morpholine rings is 1. The van der Waals surface area contributed by atoms with E-state index in [1.54, 1.807) is 9.80 Å². The van der Waals surface area contributed by atoms with Crippen molar-refractivity contribution in [3.63, 3.8) is 0 Å². The lowest BCUT2D eigenvalue weighted by Gasteiger charge is -2.36. The summed E-state index contributed by atoms with van der Waals surface area (Å²) in [7, 11) is 0. The highest BCUT2D eigenvalue weighted by molar-refractivity contribution is 7.12. The van der Waals surface area contributed by atoms with Crippen molar-refractivity contribution in [2.75, 3.05) is 24.6 Å². The van der Waals surface area contributed by atoms with E-state index in [9.17, 15) is 9.59 Å². The first-order valence-corrected chi connectivity index (χ1v) is 8.84. The maximum Gasteiger partial charge on any atom is 0.264 e. The molecule has 2 aliphatic rings. The summed E-state index contributed by atoms with van der Waals surface area (Å²) >= 11 is 1.46. The summed E-state index contributed by atoms with van der Waals surface area (Å²) in [6.45, 7) is 3.07. The molecule has 0 aliphatic carbocycles. The van der Waals surface area contributed by atoms with Gasteiger partial charge in [-0.1, -0.05) is 18.2 Å². The fourth-order valence-electron chi connectivity index (χ4n) is 3.39. The number of aryl methyl sites for hydroxylation is 1. The van der Waals surface area contributed by atoms with Gasteiger partial charge >= 0.3 is 0 Å². The number of hydrogen-bond donors (Lipinski definition) is 0. The number of carbonyl (C=O) groups is 2. The summed E-state index contributed by atoms with van der Waals surface area (Å²) in [4.78, 5) is 29.4. The molecular weight excluding hydrogens is 324 g/mol. The molecule has 2 aliphatic heterocycles. The van der Waals surface area contributed by atoms with Crippen LogP contribution in [0.3, 0.4) is 0 Å². The van der Waals surface area contributed by atoms with Gasteiger partial charge in [0.25, 0.3) is 11.8 Å². The summed E-state index contributed by atoms with van der Waals surface area (Å²) in [6, 6.07) is 11.4. The van der Waals surface area contributed by atoms with Gasteiger partial charge in [0, 0.05) is 18.8 Å². The molecule has 0 unspecified atom stereocenters. The molecular formula is C18H18N2O3S. The number of anilines is 1. The number of thiophene rings is 1. The second-order valence-corrected chi connectivity index (χ2v) is 7.13. The van der Waals surface area contributed by atoms with Gasteiger partial charge in [0.05, 0.1) is 17.0 Å². The minimum Gasteiger partial charge on any atom is -0.364 e. The molecule has 1 aromatic heterocycles. The molecule has 0 spiro atoms. The second-order valence-electron chi connectivity index (χ2n) is 6.21. The monoisotopic (exact) mass is 342 g/mol. The number of fused-ring (bicyclic) bond motifs is 1. The van der Waals surface area contributed by atoms with E-state index in [-0.39, 0.29) is 30.6 Å². The van der Waals surface area contributed by atoms with Gasteiger partial charge in [-0.3, -0.25) is 9.59 Å². The van der Waals surface area contributed by atoms with Gasteiger partial charge in [-0.05, 0) is 36.1 Å². The summed E-state index contributed by atoms with van der Waals surface area (Å²) in [6.07, 6.45) is -0.132. The van der Waals surface area contributed by atoms with Gasteiger partial charge in [0.2, 0.25) is 0 Å². The maximum absolute atomic E-state index is 12.7. The van der Waals surface area contributed by atoms with Gasteiger partial charge in [-0.2, -0.15) is 0 Å². The average molecular weight is 342 g/mol. The zero-order chi connectivity index (χ0) is 16.7. The highest BCUT2D eigenvalue weighted by Crippen LogP contribution is 2.30. The number of carbonyl (C=O) groups excluding carboxylic acids is 2. The largest absolute Gasteiger partial charge is 0.364 e. The first-order valence-electron chi connectivity index (χ1n) is 7.96. The van der Waals surface area contributed by atoms with Crippen LogP contribution in [0.1, 0.15) is 15.2 Å². The van der Waals surface area contributed by atoms with E-state index in [1.165, 1.54) is 11.3 Å². The van der Waals surface area contributed by atoms with Crippen LogP contribution in [-0.2, 0) is 9.53 Å². The Morgan fingerprint density at radius 1 is 1.25 bits per heavy atom. The van der Waals surface area contributed by atoms with Gasteiger partial charge < -0.3 is 14.5 Å². The van der Waals surface area contributed by atoms with Gasteiger partial charge in [0.1, 0.15) is 6.61 Å². The molecule has 0 saturated carbocycles. The Bertz CT molecular complexity index is 774. The second kappa shape index (κ2) is 6.03.